The molecule has 0 aromatic carbocycles. The highest BCUT2D eigenvalue weighted by Crippen LogP contribution is 2.05. The Hall–Kier alpha value is -1.49. The third kappa shape index (κ3) is 4.07. The summed E-state index contributed by atoms with van der Waals surface area (Å²) >= 11 is 0. The molecule has 0 spiro atoms. The van der Waals surface area contributed by atoms with Crippen LogP contribution in [0.1, 0.15) is 38.2 Å². The molecule has 1 aromatic rings. The van der Waals surface area contributed by atoms with E-state index in [1.165, 1.54) is 0 Å². The van der Waals surface area contributed by atoms with Gasteiger partial charge in [0.15, 0.2) is 0 Å². The molecule has 18 heavy (non-hydrogen) atoms. The SMILES string of the molecule is CC(C)N(CCNC(=O)c1cc(N)c[nH]1)C(C)C. The van der Waals surface area contributed by atoms with Crippen molar-refractivity contribution < 1.29 is 4.79 Å². The van der Waals surface area contributed by atoms with Crippen LogP contribution in [0.25, 0.3) is 0 Å². The van der Waals surface area contributed by atoms with Crippen LogP contribution in [0.3, 0.4) is 0 Å². The number of nitrogens with zero attached hydrogens (tertiary/aromatic N) is 1. The van der Waals surface area contributed by atoms with Gasteiger partial charge in [-0.1, -0.05) is 0 Å². The lowest BCUT2D eigenvalue weighted by atomic mass is 10.2. The molecular weight excluding hydrogens is 228 g/mol. The Labute approximate surface area is 109 Å². The largest absolute Gasteiger partial charge is 0.397 e. The average Bonchev–Trinajstić information content (AvgIpc) is 2.69. The van der Waals surface area contributed by atoms with Crippen LogP contribution in [0.4, 0.5) is 5.69 Å². The Kier molecular flexibility index (Phi) is 5.22. The maximum Gasteiger partial charge on any atom is 0.267 e. The highest BCUT2D eigenvalue weighted by Gasteiger charge is 2.13. The summed E-state index contributed by atoms with van der Waals surface area (Å²) in [5.41, 5.74) is 6.64. The van der Waals surface area contributed by atoms with Crippen molar-refractivity contribution in [2.75, 3.05) is 18.8 Å². The van der Waals surface area contributed by atoms with Crippen molar-refractivity contribution in [1.29, 1.82) is 0 Å². The van der Waals surface area contributed by atoms with E-state index < -0.39 is 0 Å². The van der Waals surface area contributed by atoms with Crippen molar-refractivity contribution in [2.45, 2.75) is 39.8 Å². The molecule has 1 heterocycles. The smallest absolute Gasteiger partial charge is 0.267 e. The van der Waals surface area contributed by atoms with Crippen LogP contribution in [-0.4, -0.2) is 41.0 Å². The number of aromatic amines is 1. The van der Waals surface area contributed by atoms with Gasteiger partial charge in [-0.3, -0.25) is 9.69 Å². The minimum Gasteiger partial charge on any atom is -0.397 e. The number of carbonyl (C=O) groups excluding carboxylic acids is 1. The first kappa shape index (κ1) is 14.6. The van der Waals surface area contributed by atoms with Gasteiger partial charge < -0.3 is 16.0 Å². The van der Waals surface area contributed by atoms with Gasteiger partial charge in [0, 0.05) is 37.1 Å². The Bertz CT molecular complexity index is 376. The predicted molar refractivity (Wildman–Crippen MR) is 74.5 cm³/mol. The second-order valence-electron chi connectivity index (χ2n) is 5.03. The van der Waals surface area contributed by atoms with Gasteiger partial charge in [0.25, 0.3) is 5.91 Å². The zero-order chi connectivity index (χ0) is 13.7. The highest BCUT2D eigenvalue weighted by atomic mass is 16.1. The lowest BCUT2D eigenvalue weighted by Gasteiger charge is -2.30. The van der Waals surface area contributed by atoms with E-state index in [0.29, 0.717) is 30.0 Å². The van der Waals surface area contributed by atoms with Gasteiger partial charge in [-0.25, -0.2) is 0 Å². The van der Waals surface area contributed by atoms with E-state index in [1.807, 2.05) is 0 Å². The molecule has 1 rings (SSSR count). The van der Waals surface area contributed by atoms with Crippen LogP contribution in [-0.2, 0) is 0 Å². The summed E-state index contributed by atoms with van der Waals surface area (Å²) in [6.07, 6.45) is 1.61. The molecule has 4 N–H and O–H groups in total. The zero-order valence-electron chi connectivity index (χ0n) is 11.7. The van der Waals surface area contributed by atoms with Gasteiger partial charge in [-0.15, -0.1) is 0 Å². The van der Waals surface area contributed by atoms with Gasteiger partial charge in [-0.2, -0.15) is 0 Å². The van der Waals surface area contributed by atoms with Crippen molar-refractivity contribution >= 4 is 11.6 Å². The average molecular weight is 252 g/mol. The van der Waals surface area contributed by atoms with E-state index in [2.05, 4.69) is 42.9 Å². The molecule has 1 amide bonds. The Morgan fingerprint density at radius 2 is 2.00 bits per heavy atom. The lowest BCUT2D eigenvalue weighted by Crippen LogP contribution is -2.42. The van der Waals surface area contributed by atoms with Crippen LogP contribution in [0, 0.1) is 0 Å². The van der Waals surface area contributed by atoms with Crippen LogP contribution in [0.5, 0.6) is 0 Å². The number of anilines is 1. The summed E-state index contributed by atoms with van der Waals surface area (Å²) < 4.78 is 0. The van der Waals surface area contributed by atoms with Crippen LogP contribution in [0.2, 0.25) is 0 Å². The van der Waals surface area contributed by atoms with E-state index in [1.54, 1.807) is 12.3 Å². The third-order valence-electron chi connectivity index (χ3n) is 2.93. The summed E-state index contributed by atoms with van der Waals surface area (Å²) in [6, 6.07) is 2.59. The second-order valence-corrected chi connectivity index (χ2v) is 5.03. The molecule has 0 bridgehead atoms. The van der Waals surface area contributed by atoms with Crippen LogP contribution < -0.4 is 11.1 Å². The molecule has 5 heteroatoms. The monoisotopic (exact) mass is 252 g/mol. The molecule has 0 aliphatic rings. The molecule has 1 aromatic heterocycles. The summed E-state index contributed by atoms with van der Waals surface area (Å²) in [7, 11) is 0. The number of nitrogens with one attached hydrogen (secondary N) is 2. The fourth-order valence-corrected chi connectivity index (χ4v) is 2.05. The van der Waals surface area contributed by atoms with Gasteiger partial charge in [0.2, 0.25) is 0 Å². The number of carbonyl (C=O) groups is 1. The normalized spacial score (nSPS) is 11.5. The first-order valence-electron chi connectivity index (χ1n) is 6.39. The molecule has 102 valence electrons. The molecule has 0 aliphatic carbocycles. The number of H-pyrrole nitrogens is 1. The topological polar surface area (TPSA) is 74.2 Å². The first-order chi connectivity index (χ1) is 8.41. The molecule has 0 radical (unpaired) electrons. The Balaban J connectivity index is 2.39. The van der Waals surface area contributed by atoms with Crippen LogP contribution in [0.15, 0.2) is 12.3 Å². The van der Waals surface area contributed by atoms with Crippen molar-refractivity contribution in [1.82, 2.24) is 15.2 Å². The fourth-order valence-electron chi connectivity index (χ4n) is 2.05. The van der Waals surface area contributed by atoms with Gasteiger partial charge >= 0.3 is 0 Å². The minimum absolute atomic E-state index is 0.112. The maximum atomic E-state index is 11.8. The molecule has 0 aliphatic heterocycles. The number of hydrogen-bond acceptors (Lipinski definition) is 3. The third-order valence-corrected chi connectivity index (χ3v) is 2.93. The van der Waals surface area contributed by atoms with Gasteiger partial charge in [0.05, 0.1) is 0 Å². The van der Waals surface area contributed by atoms with Crippen LogP contribution >= 0.6 is 0 Å². The second kappa shape index (κ2) is 6.44. The van der Waals surface area contributed by atoms with E-state index in [-0.39, 0.29) is 5.91 Å². The number of hydrogen-bond donors (Lipinski definition) is 3. The van der Waals surface area contributed by atoms with E-state index in [0.717, 1.165) is 6.54 Å². The lowest BCUT2D eigenvalue weighted by molar-refractivity contribution is 0.0935. The molecular formula is C13H24N4O. The minimum atomic E-state index is -0.112. The van der Waals surface area contributed by atoms with E-state index in [4.69, 9.17) is 5.73 Å². The predicted octanol–water partition coefficient (Wildman–Crippen LogP) is 1.45. The number of nitrogens with two attached hydrogens (primary N) is 1. The van der Waals surface area contributed by atoms with Gasteiger partial charge in [0.1, 0.15) is 5.69 Å². The summed E-state index contributed by atoms with van der Waals surface area (Å²) in [5.74, 6) is -0.112. The van der Waals surface area contributed by atoms with Crippen molar-refractivity contribution in [3.63, 3.8) is 0 Å². The van der Waals surface area contributed by atoms with Crippen molar-refractivity contribution in [3.8, 4) is 0 Å². The molecule has 5 nitrogen and oxygen atoms in total. The molecule has 0 fully saturated rings. The maximum absolute atomic E-state index is 11.8. The highest BCUT2D eigenvalue weighted by molar-refractivity contribution is 5.93. The number of amides is 1. The van der Waals surface area contributed by atoms with Crippen molar-refractivity contribution in [3.05, 3.63) is 18.0 Å². The molecule has 0 atom stereocenters. The molecule has 0 saturated heterocycles. The molecule has 0 unspecified atom stereocenters. The number of aromatic nitrogens is 1. The summed E-state index contributed by atoms with van der Waals surface area (Å²) in [4.78, 5) is 16.9. The number of nitrogen functional groups attached to an aromatic ring is 1. The zero-order valence-corrected chi connectivity index (χ0v) is 11.7. The first-order valence-corrected chi connectivity index (χ1v) is 6.39. The fraction of sp³-hybridized carbons (Fsp3) is 0.615. The summed E-state index contributed by atoms with van der Waals surface area (Å²) in [6.45, 7) is 10.1. The van der Waals surface area contributed by atoms with E-state index in [9.17, 15) is 4.79 Å². The Morgan fingerprint density at radius 1 is 1.39 bits per heavy atom. The number of rotatable bonds is 6. The van der Waals surface area contributed by atoms with E-state index >= 15 is 0 Å². The molecule has 0 saturated carbocycles. The van der Waals surface area contributed by atoms with Gasteiger partial charge in [-0.05, 0) is 33.8 Å². The standard InChI is InChI=1S/C13H24N4O/c1-9(2)17(10(3)4)6-5-15-13(18)12-7-11(14)8-16-12/h7-10,16H,5-6,14H2,1-4H3,(H,15,18). The van der Waals surface area contributed by atoms with Crippen molar-refractivity contribution in [2.24, 2.45) is 0 Å². The quantitative estimate of drug-likeness (QED) is 0.717. The summed E-state index contributed by atoms with van der Waals surface area (Å²) in [5, 5.41) is 2.89. The Morgan fingerprint density at radius 3 is 2.44 bits per heavy atom.